The molecule has 0 bridgehead atoms. The Hall–Kier alpha value is -1.34. The summed E-state index contributed by atoms with van der Waals surface area (Å²) in [6.45, 7) is 10.3. The SMILES string of the molecule is CCNC(=O)CSc1nc(=O)n(CCN(CC)CC)c2c1CCCC2. The fourth-order valence-corrected chi connectivity index (χ4v) is 4.17. The number of fused-ring (bicyclic) bond motifs is 1. The Balaban J connectivity index is 2.22. The quantitative estimate of drug-likeness (QED) is 0.532. The normalized spacial score (nSPS) is 13.8. The number of thioether (sulfide) groups is 1. The fourth-order valence-electron chi connectivity index (χ4n) is 3.26. The van der Waals surface area contributed by atoms with Crippen LogP contribution in [0.3, 0.4) is 0 Å². The third kappa shape index (κ3) is 5.31. The van der Waals surface area contributed by atoms with Crippen LogP contribution in [0.1, 0.15) is 44.9 Å². The number of aromatic nitrogens is 2. The molecular formula is C18H30N4O2S. The predicted molar refractivity (Wildman–Crippen MR) is 102 cm³/mol. The molecule has 6 nitrogen and oxygen atoms in total. The molecule has 1 aromatic rings. The van der Waals surface area contributed by atoms with Gasteiger partial charge >= 0.3 is 5.69 Å². The number of nitrogens with zero attached hydrogens (tertiary/aromatic N) is 3. The maximum atomic E-state index is 12.6. The first-order valence-corrected chi connectivity index (χ1v) is 10.3. The van der Waals surface area contributed by atoms with Gasteiger partial charge in [-0.25, -0.2) is 4.79 Å². The van der Waals surface area contributed by atoms with Crippen LogP contribution in [-0.2, 0) is 24.2 Å². The molecule has 1 amide bonds. The predicted octanol–water partition coefficient (Wildman–Crippen LogP) is 1.69. The Morgan fingerprint density at radius 2 is 1.96 bits per heavy atom. The summed E-state index contributed by atoms with van der Waals surface area (Å²) in [5.74, 6) is 0.306. The molecule has 0 aliphatic heterocycles. The van der Waals surface area contributed by atoms with E-state index in [-0.39, 0.29) is 11.6 Å². The first-order chi connectivity index (χ1) is 12.1. The van der Waals surface area contributed by atoms with Crippen molar-refractivity contribution in [3.05, 3.63) is 21.7 Å². The van der Waals surface area contributed by atoms with Gasteiger partial charge in [-0.05, 0) is 45.7 Å². The molecule has 0 saturated heterocycles. The summed E-state index contributed by atoms with van der Waals surface area (Å²) in [4.78, 5) is 31.0. The lowest BCUT2D eigenvalue weighted by Gasteiger charge is -2.24. The van der Waals surface area contributed by atoms with E-state index in [0.717, 1.165) is 56.0 Å². The molecule has 1 heterocycles. The Labute approximate surface area is 154 Å². The van der Waals surface area contributed by atoms with Gasteiger partial charge in [0.25, 0.3) is 0 Å². The zero-order chi connectivity index (χ0) is 18.2. The number of carbonyl (C=O) groups excluding carboxylic acids is 1. The van der Waals surface area contributed by atoms with Crippen molar-refractivity contribution in [2.45, 2.75) is 58.0 Å². The summed E-state index contributed by atoms with van der Waals surface area (Å²) in [5, 5.41) is 3.55. The number of likely N-dealkylation sites (N-methyl/N-ethyl adjacent to an activating group) is 1. The molecule has 0 unspecified atom stereocenters. The Bertz CT molecular complexity index is 641. The smallest absolute Gasteiger partial charge is 0.348 e. The molecule has 1 N–H and O–H groups in total. The highest BCUT2D eigenvalue weighted by Gasteiger charge is 2.21. The highest BCUT2D eigenvalue weighted by molar-refractivity contribution is 7.99. The maximum Gasteiger partial charge on any atom is 0.348 e. The minimum Gasteiger partial charge on any atom is -0.356 e. The summed E-state index contributed by atoms with van der Waals surface area (Å²) in [7, 11) is 0. The number of hydrogen-bond donors (Lipinski definition) is 1. The molecule has 2 rings (SSSR count). The molecule has 0 aromatic carbocycles. The highest BCUT2D eigenvalue weighted by atomic mass is 32.2. The van der Waals surface area contributed by atoms with E-state index in [1.165, 1.54) is 17.3 Å². The first kappa shape index (κ1) is 20.0. The van der Waals surface area contributed by atoms with Crippen LogP contribution in [0.5, 0.6) is 0 Å². The van der Waals surface area contributed by atoms with Gasteiger partial charge in [-0.15, -0.1) is 0 Å². The van der Waals surface area contributed by atoms with Crippen molar-refractivity contribution >= 4 is 17.7 Å². The van der Waals surface area contributed by atoms with Gasteiger partial charge in [-0.3, -0.25) is 9.36 Å². The van der Waals surface area contributed by atoms with Crippen molar-refractivity contribution in [3.8, 4) is 0 Å². The van der Waals surface area contributed by atoms with Gasteiger partial charge in [0, 0.05) is 30.9 Å². The van der Waals surface area contributed by atoms with Gasteiger partial charge in [0.05, 0.1) is 5.75 Å². The number of hydrogen-bond acceptors (Lipinski definition) is 5. The summed E-state index contributed by atoms with van der Waals surface area (Å²) < 4.78 is 1.86. The van der Waals surface area contributed by atoms with Crippen molar-refractivity contribution in [2.75, 3.05) is 31.9 Å². The molecule has 1 aliphatic rings. The van der Waals surface area contributed by atoms with E-state index >= 15 is 0 Å². The van der Waals surface area contributed by atoms with Crippen molar-refractivity contribution in [1.82, 2.24) is 19.8 Å². The minimum atomic E-state index is -0.175. The third-order valence-corrected chi connectivity index (χ3v) is 5.72. The van der Waals surface area contributed by atoms with Crippen molar-refractivity contribution in [3.63, 3.8) is 0 Å². The zero-order valence-electron chi connectivity index (χ0n) is 15.6. The van der Waals surface area contributed by atoms with Crippen LogP contribution in [-0.4, -0.2) is 52.3 Å². The van der Waals surface area contributed by atoms with Gasteiger partial charge in [0.1, 0.15) is 5.03 Å². The Morgan fingerprint density at radius 3 is 2.64 bits per heavy atom. The van der Waals surface area contributed by atoms with Crippen LogP contribution >= 0.6 is 11.8 Å². The van der Waals surface area contributed by atoms with E-state index in [2.05, 4.69) is 29.0 Å². The van der Waals surface area contributed by atoms with E-state index in [4.69, 9.17) is 0 Å². The standard InChI is InChI=1S/C18H30N4O2S/c1-4-19-16(23)13-25-17-14-9-7-8-10-15(14)22(18(24)20-17)12-11-21(5-2)6-3/h4-13H2,1-3H3,(H,19,23). The number of rotatable bonds is 9. The van der Waals surface area contributed by atoms with E-state index in [0.29, 0.717) is 18.8 Å². The topological polar surface area (TPSA) is 67.2 Å². The average molecular weight is 367 g/mol. The fraction of sp³-hybridized carbons (Fsp3) is 0.722. The lowest BCUT2D eigenvalue weighted by Crippen LogP contribution is -2.35. The van der Waals surface area contributed by atoms with Crippen LogP contribution in [0.2, 0.25) is 0 Å². The van der Waals surface area contributed by atoms with Crippen LogP contribution < -0.4 is 11.0 Å². The molecule has 25 heavy (non-hydrogen) atoms. The highest BCUT2D eigenvalue weighted by Crippen LogP contribution is 2.28. The van der Waals surface area contributed by atoms with Gasteiger partial charge in [0.15, 0.2) is 0 Å². The molecule has 0 atom stereocenters. The van der Waals surface area contributed by atoms with Crippen molar-refractivity contribution in [1.29, 1.82) is 0 Å². The van der Waals surface area contributed by atoms with Crippen LogP contribution in [0, 0.1) is 0 Å². The second-order valence-electron chi connectivity index (χ2n) is 6.25. The van der Waals surface area contributed by atoms with E-state index < -0.39 is 0 Å². The van der Waals surface area contributed by atoms with E-state index in [9.17, 15) is 9.59 Å². The molecule has 0 fully saturated rings. The molecule has 0 spiro atoms. The Morgan fingerprint density at radius 1 is 1.24 bits per heavy atom. The molecule has 7 heteroatoms. The van der Waals surface area contributed by atoms with E-state index in [1.54, 1.807) is 0 Å². The molecule has 0 radical (unpaired) electrons. The monoisotopic (exact) mass is 366 g/mol. The summed E-state index contributed by atoms with van der Waals surface area (Å²) in [6, 6.07) is 0. The summed E-state index contributed by atoms with van der Waals surface area (Å²) >= 11 is 1.39. The number of carbonyl (C=O) groups is 1. The Kier molecular flexibility index (Phi) is 7.96. The summed E-state index contributed by atoms with van der Waals surface area (Å²) in [5.41, 5.74) is 2.14. The molecule has 0 saturated carbocycles. The van der Waals surface area contributed by atoms with Crippen LogP contribution in [0.15, 0.2) is 9.82 Å². The second-order valence-corrected chi connectivity index (χ2v) is 7.22. The molecular weight excluding hydrogens is 336 g/mol. The van der Waals surface area contributed by atoms with Gasteiger partial charge < -0.3 is 10.2 Å². The molecule has 140 valence electrons. The third-order valence-electron chi connectivity index (χ3n) is 4.70. The van der Waals surface area contributed by atoms with Crippen LogP contribution in [0.25, 0.3) is 0 Å². The molecule has 1 aliphatic carbocycles. The van der Waals surface area contributed by atoms with Gasteiger partial charge in [-0.2, -0.15) is 4.98 Å². The number of amides is 1. The second kappa shape index (κ2) is 9.97. The number of nitrogens with one attached hydrogen (secondary N) is 1. The lowest BCUT2D eigenvalue weighted by atomic mass is 9.97. The van der Waals surface area contributed by atoms with Crippen LogP contribution in [0.4, 0.5) is 0 Å². The average Bonchev–Trinajstić information content (AvgIpc) is 2.62. The lowest BCUT2D eigenvalue weighted by molar-refractivity contribution is -0.118. The van der Waals surface area contributed by atoms with Gasteiger partial charge in [-0.1, -0.05) is 25.6 Å². The van der Waals surface area contributed by atoms with Crippen molar-refractivity contribution < 1.29 is 4.79 Å². The zero-order valence-corrected chi connectivity index (χ0v) is 16.5. The first-order valence-electron chi connectivity index (χ1n) is 9.35. The molecule has 1 aromatic heterocycles. The van der Waals surface area contributed by atoms with Gasteiger partial charge in [0.2, 0.25) is 5.91 Å². The maximum absolute atomic E-state index is 12.6. The minimum absolute atomic E-state index is 0.00966. The van der Waals surface area contributed by atoms with E-state index in [1.807, 2.05) is 11.5 Å². The summed E-state index contributed by atoms with van der Waals surface area (Å²) in [6.07, 6.45) is 4.12. The largest absolute Gasteiger partial charge is 0.356 e. The van der Waals surface area contributed by atoms with Crippen molar-refractivity contribution in [2.24, 2.45) is 0 Å².